The third kappa shape index (κ3) is 4.22. The molecule has 1 aromatic heterocycles. The lowest BCUT2D eigenvalue weighted by Crippen LogP contribution is -2.14. The van der Waals surface area contributed by atoms with Crippen molar-refractivity contribution in [3.63, 3.8) is 0 Å². The van der Waals surface area contributed by atoms with Gasteiger partial charge in [0.25, 0.3) is 5.69 Å². The minimum atomic E-state index is -0.640. The van der Waals surface area contributed by atoms with Crippen LogP contribution >= 0.6 is 0 Å². The molecular weight excluding hydrogens is 304 g/mol. The Morgan fingerprint density at radius 2 is 1.87 bits per heavy atom. The molecule has 0 saturated carbocycles. The average molecular weight is 320 g/mol. The monoisotopic (exact) mass is 320 g/mol. The van der Waals surface area contributed by atoms with E-state index >= 15 is 0 Å². The van der Waals surface area contributed by atoms with Gasteiger partial charge in [0.05, 0.1) is 18.2 Å². The van der Waals surface area contributed by atoms with Crippen LogP contribution in [0.25, 0.3) is 0 Å². The molecule has 122 valence electrons. The summed E-state index contributed by atoms with van der Waals surface area (Å²) < 4.78 is 16.8. The van der Waals surface area contributed by atoms with Crippen LogP contribution in [0.2, 0.25) is 0 Å². The van der Waals surface area contributed by atoms with E-state index in [4.69, 9.17) is 14.2 Å². The van der Waals surface area contributed by atoms with E-state index in [9.17, 15) is 14.9 Å². The number of nitro groups is 1. The van der Waals surface area contributed by atoms with E-state index in [2.05, 4.69) is 0 Å². The molecule has 0 amide bonds. The Balaban J connectivity index is 1.81. The Morgan fingerprint density at radius 1 is 1.22 bits per heavy atom. The molecule has 0 radical (unpaired) electrons. The van der Waals surface area contributed by atoms with Gasteiger partial charge >= 0.3 is 5.97 Å². The molecular formula is C15H16N2O6. The molecule has 8 heteroatoms. The van der Waals surface area contributed by atoms with Gasteiger partial charge in [-0.2, -0.15) is 0 Å². The lowest BCUT2D eigenvalue weighted by atomic mass is 10.3. The number of esters is 1. The number of carbonyl (C=O) groups is 1. The van der Waals surface area contributed by atoms with Gasteiger partial charge in [-0.25, -0.2) is 4.79 Å². The Hall–Kier alpha value is -3.03. The van der Waals surface area contributed by atoms with Gasteiger partial charge in [-0.15, -0.1) is 0 Å². The van der Waals surface area contributed by atoms with Gasteiger partial charge in [-0.1, -0.05) is 0 Å². The van der Waals surface area contributed by atoms with Crippen LogP contribution in [0.4, 0.5) is 5.69 Å². The van der Waals surface area contributed by atoms with Crippen LogP contribution in [0, 0.1) is 10.1 Å². The zero-order valence-electron chi connectivity index (χ0n) is 12.7. The van der Waals surface area contributed by atoms with E-state index in [0.717, 1.165) is 0 Å². The number of methoxy groups -OCH3 is 1. The number of aryl methyl sites for hydroxylation is 1. The summed E-state index contributed by atoms with van der Waals surface area (Å²) in [6.45, 7) is 0.203. The maximum atomic E-state index is 11.9. The van der Waals surface area contributed by atoms with E-state index in [-0.39, 0.29) is 24.6 Å². The standard InChI is InChI=1S/C15H16N2O6/c1-16-10-11(17(19)20)9-14(16)15(18)23-8-7-22-13-5-3-12(21-2)4-6-13/h3-6,9-10H,7-8H2,1-2H3. The van der Waals surface area contributed by atoms with Crippen LogP contribution in [-0.2, 0) is 11.8 Å². The van der Waals surface area contributed by atoms with Crippen LogP contribution in [0.1, 0.15) is 10.5 Å². The Kier molecular flexibility index (Phi) is 5.19. The summed E-state index contributed by atoms with van der Waals surface area (Å²) in [6.07, 6.45) is 1.25. The van der Waals surface area contributed by atoms with Crippen LogP contribution in [0.3, 0.4) is 0 Å². The van der Waals surface area contributed by atoms with Crippen molar-refractivity contribution in [2.45, 2.75) is 0 Å². The first-order chi connectivity index (χ1) is 11.0. The molecule has 0 aliphatic carbocycles. The molecule has 0 saturated heterocycles. The Morgan fingerprint density at radius 3 is 2.43 bits per heavy atom. The highest BCUT2D eigenvalue weighted by Gasteiger charge is 2.18. The second-order valence-electron chi connectivity index (χ2n) is 4.61. The van der Waals surface area contributed by atoms with Gasteiger partial charge in [0.1, 0.15) is 30.4 Å². The maximum Gasteiger partial charge on any atom is 0.355 e. The van der Waals surface area contributed by atoms with Crippen molar-refractivity contribution in [2.75, 3.05) is 20.3 Å². The maximum absolute atomic E-state index is 11.9. The number of nitrogens with zero attached hydrogens (tertiary/aromatic N) is 2. The number of hydrogen-bond donors (Lipinski definition) is 0. The first-order valence-electron chi connectivity index (χ1n) is 6.76. The quantitative estimate of drug-likeness (QED) is 0.336. The van der Waals surface area contributed by atoms with Gasteiger partial charge in [0.15, 0.2) is 0 Å². The summed E-state index contributed by atoms with van der Waals surface area (Å²) in [5.41, 5.74) is -0.0462. The summed E-state index contributed by atoms with van der Waals surface area (Å²) in [5.74, 6) is 0.698. The molecule has 2 rings (SSSR count). The largest absolute Gasteiger partial charge is 0.497 e. The van der Waals surface area contributed by atoms with Crippen molar-refractivity contribution in [3.8, 4) is 11.5 Å². The van der Waals surface area contributed by atoms with Crippen LogP contribution in [0.15, 0.2) is 36.5 Å². The average Bonchev–Trinajstić information content (AvgIpc) is 2.94. The second kappa shape index (κ2) is 7.30. The molecule has 23 heavy (non-hydrogen) atoms. The third-order valence-corrected chi connectivity index (χ3v) is 3.06. The number of rotatable bonds is 7. The van der Waals surface area contributed by atoms with E-state index < -0.39 is 10.9 Å². The molecule has 1 heterocycles. The van der Waals surface area contributed by atoms with Gasteiger partial charge in [-0.3, -0.25) is 10.1 Å². The van der Waals surface area contributed by atoms with Crippen molar-refractivity contribution < 1.29 is 23.9 Å². The van der Waals surface area contributed by atoms with Crippen LogP contribution in [0.5, 0.6) is 11.5 Å². The number of benzene rings is 1. The lowest BCUT2D eigenvalue weighted by molar-refractivity contribution is -0.384. The summed E-state index contributed by atoms with van der Waals surface area (Å²) in [6, 6.07) is 8.16. The van der Waals surface area contributed by atoms with E-state index in [1.165, 1.54) is 23.9 Å². The smallest absolute Gasteiger partial charge is 0.355 e. The minimum Gasteiger partial charge on any atom is -0.497 e. The molecule has 0 N–H and O–H groups in total. The molecule has 0 unspecified atom stereocenters. The van der Waals surface area contributed by atoms with Crippen molar-refractivity contribution >= 4 is 11.7 Å². The fourth-order valence-electron chi connectivity index (χ4n) is 1.89. The predicted octanol–water partition coefficient (Wildman–Crippen LogP) is 2.18. The summed E-state index contributed by atoms with van der Waals surface area (Å²) in [4.78, 5) is 22.0. The zero-order valence-corrected chi connectivity index (χ0v) is 12.7. The van der Waals surface area contributed by atoms with Crippen molar-refractivity contribution in [2.24, 2.45) is 7.05 Å². The van der Waals surface area contributed by atoms with Crippen molar-refractivity contribution in [1.82, 2.24) is 4.57 Å². The Bertz CT molecular complexity index is 692. The molecule has 8 nitrogen and oxygen atoms in total. The van der Waals surface area contributed by atoms with Crippen LogP contribution in [-0.4, -0.2) is 35.8 Å². The highest BCUT2D eigenvalue weighted by atomic mass is 16.6. The summed E-state index contributed by atoms with van der Waals surface area (Å²) >= 11 is 0. The summed E-state index contributed by atoms with van der Waals surface area (Å²) in [7, 11) is 3.11. The number of hydrogen-bond acceptors (Lipinski definition) is 6. The lowest BCUT2D eigenvalue weighted by Gasteiger charge is -2.08. The van der Waals surface area contributed by atoms with Gasteiger partial charge in [-0.05, 0) is 24.3 Å². The first-order valence-corrected chi connectivity index (χ1v) is 6.76. The fourth-order valence-corrected chi connectivity index (χ4v) is 1.89. The van der Waals surface area contributed by atoms with E-state index in [0.29, 0.717) is 11.5 Å². The van der Waals surface area contributed by atoms with Crippen molar-refractivity contribution in [3.05, 3.63) is 52.3 Å². The molecule has 0 aliphatic rings. The normalized spacial score (nSPS) is 10.2. The zero-order chi connectivity index (χ0) is 16.8. The van der Waals surface area contributed by atoms with Gasteiger partial charge in [0.2, 0.25) is 0 Å². The number of aromatic nitrogens is 1. The highest BCUT2D eigenvalue weighted by molar-refractivity contribution is 5.88. The highest BCUT2D eigenvalue weighted by Crippen LogP contribution is 2.17. The molecule has 0 atom stereocenters. The predicted molar refractivity (Wildman–Crippen MR) is 80.8 cm³/mol. The van der Waals surface area contributed by atoms with E-state index in [1.54, 1.807) is 31.4 Å². The molecule has 0 aliphatic heterocycles. The topological polar surface area (TPSA) is 92.8 Å². The van der Waals surface area contributed by atoms with Gasteiger partial charge in [0, 0.05) is 13.1 Å². The molecule has 0 fully saturated rings. The SMILES string of the molecule is COc1ccc(OCCOC(=O)c2cc([N+](=O)[O-])cn2C)cc1. The van der Waals surface area contributed by atoms with Crippen molar-refractivity contribution in [1.29, 1.82) is 0 Å². The third-order valence-electron chi connectivity index (χ3n) is 3.06. The first kappa shape index (κ1) is 16.3. The molecule has 0 spiro atoms. The van der Waals surface area contributed by atoms with E-state index in [1.807, 2.05) is 0 Å². The fraction of sp³-hybridized carbons (Fsp3) is 0.267. The molecule has 0 bridgehead atoms. The molecule has 1 aromatic carbocycles. The van der Waals surface area contributed by atoms with Crippen LogP contribution < -0.4 is 9.47 Å². The minimum absolute atomic E-state index is 0.0316. The second-order valence-corrected chi connectivity index (χ2v) is 4.61. The number of carbonyl (C=O) groups excluding carboxylic acids is 1. The van der Waals surface area contributed by atoms with Gasteiger partial charge < -0.3 is 18.8 Å². The summed E-state index contributed by atoms with van der Waals surface area (Å²) in [5, 5.41) is 10.7. The molecule has 2 aromatic rings. The number of ether oxygens (including phenoxy) is 3. The Labute approximate surface area is 132 Å².